The summed E-state index contributed by atoms with van der Waals surface area (Å²) in [7, 11) is 0. The van der Waals surface area contributed by atoms with Gasteiger partial charge in [0.05, 0.1) is 23.3 Å². The van der Waals surface area contributed by atoms with E-state index in [1.54, 1.807) is 6.20 Å². The normalized spacial score (nSPS) is 17.2. The Hall–Kier alpha value is -2.22. The van der Waals surface area contributed by atoms with Crippen molar-refractivity contribution in [3.63, 3.8) is 0 Å². The van der Waals surface area contributed by atoms with Crippen LogP contribution in [-0.4, -0.2) is 25.4 Å². The molecule has 0 radical (unpaired) electrons. The molecule has 1 unspecified atom stereocenters. The number of aryl methyl sites for hydroxylation is 1. The molecule has 23 heavy (non-hydrogen) atoms. The van der Waals surface area contributed by atoms with Crippen LogP contribution in [0.15, 0.2) is 24.4 Å². The van der Waals surface area contributed by atoms with Gasteiger partial charge in [-0.1, -0.05) is 16.6 Å². The summed E-state index contributed by atoms with van der Waals surface area (Å²) in [6.45, 7) is 3.13. The molecule has 0 saturated carbocycles. The number of allylic oxidation sites excluding steroid dienone is 2. The number of nitrogens with one attached hydrogen (secondary N) is 2. The van der Waals surface area contributed by atoms with Crippen LogP contribution >= 0.6 is 11.5 Å². The van der Waals surface area contributed by atoms with Gasteiger partial charge in [0.2, 0.25) is 0 Å². The lowest BCUT2D eigenvalue weighted by Crippen LogP contribution is -2.29. The van der Waals surface area contributed by atoms with E-state index in [9.17, 15) is 4.79 Å². The van der Waals surface area contributed by atoms with Crippen molar-refractivity contribution in [1.82, 2.24) is 24.7 Å². The van der Waals surface area contributed by atoms with Crippen molar-refractivity contribution in [1.29, 1.82) is 0 Å². The Labute approximate surface area is 139 Å². The maximum absolute atomic E-state index is 12.1. The molecule has 0 spiro atoms. The van der Waals surface area contributed by atoms with Gasteiger partial charge in [-0.15, -0.1) is 5.10 Å². The van der Waals surface area contributed by atoms with E-state index in [1.807, 2.05) is 17.7 Å². The fourth-order valence-electron chi connectivity index (χ4n) is 2.59. The fraction of sp³-hybridized carbons (Fsp3) is 0.467. The summed E-state index contributed by atoms with van der Waals surface area (Å²) in [6.07, 6.45) is 9.52. The molecule has 1 aliphatic rings. The van der Waals surface area contributed by atoms with Crippen LogP contribution in [0, 0.1) is 12.8 Å². The number of aromatic nitrogens is 4. The van der Waals surface area contributed by atoms with E-state index in [-0.39, 0.29) is 6.03 Å². The third kappa shape index (κ3) is 4.16. The lowest BCUT2D eigenvalue weighted by Gasteiger charge is -2.19. The summed E-state index contributed by atoms with van der Waals surface area (Å²) in [4.78, 5) is 13.0. The Morgan fingerprint density at radius 1 is 1.48 bits per heavy atom. The Morgan fingerprint density at radius 2 is 2.39 bits per heavy atom. The van der Waals surface area contributed by atoms with Gasteiger partial charge in [-0.05, 0) is 43.6 Å². The van der Waals surface area contributed by atoms with Crippen molar-refractivity contribution in [3.8, 4) is 0 Å². The number of urea groups is 1. The van der Waals surface area contributed by atoms with E-state index in [4.69, 9.17) is 0 Å². The maximum atomic E-state index is 12.1. The van der Waals surface area contributed by atoms with E-state index >= 15 is 0 Å². The van der Waals surface area contributed by atoms with Crippen LogP contribution in [0.25, 0.3) is 0 Å². The Morgan fingerprint density at radius 3 is 3.13 bits per heavy atom. The third-order valence-corrected chi connectivity index (χ3v) is 4.75. The van der Waals surface area contributed by atoms with Crippen LogP contribution in [0.5, 0.6) is 0 Å². The van der Waals surface area contributed by atoms with Crippen molar-refractivity contribution in [3.05, 3.63) is 35.0 Å². The lowest BCUT2D eigenvalue weighted by molar-refractivity contribution is 0.251. The second-order valence-electron chi connectivity index (χ2n) is 5.64. The molecule has 1 atom stereocenters. The van der Waals surface area contributed by atoms with Gasteiger partial charge in [0.1, 0.15) is 5.82 Å². The minimum Gasteiger partial charge on any atom is -0.333 e. The van der Waals surface area contributed by atoms with Gasteiger partial charge < -0.3 is 5.32 Å². The molecule has 0 aliphatic heterocycles. The molecule has 1 aliphatic carbocycles. The smallest absolute Gasteiger partial charge is 0.320 e. The highest BCUT2D eigenvalue weighted by atomic mass is 32.1. The monoisotopic (exact) mass is 332 g/mol. The summed E-state index contributed by atoms with van der Waals surface area (Å²) in [5, 5.41) is 13.9. The lowest BCUT2D eigenvalue weighted by atomic mass is 9.94. The van der Waals surface area contributed by atoms with Crippen LogP contribution in [0.3, 0.4) is 0 Å². The number of hydrogen-bond acceptors (Lipinski definition) is 5. The highest BCUT2D eigenvalue weighted by molar-refractivity contribution is 7.05. The molecule has 8 heteroatoms. The summed E-state index contributed by atoms with van der Waals surface area (Å²) >= 11 is 1.30. The van der Waals surface area contributed by atoms with E-state index in [0.29, 0.717) is 12.5 Å². The van der Waals surface area contributed by atoms with E-state index in [0.717, 1.165) is 35.8 Å². The first kappa shape index (κ1) is 15.7. The molecular formula is C15H20N6OS. The number of nitrogens with zero attached hydrogens (tertiary/aromatic N) is 4. The van der Waals surface area contributed by atoms with Crippen LogP contribution in [0.2, 0.25) is 0 Å². The first-order valence-electron chi connectivity index (χ1n) is 7.72. The summed E-state index contributed by atoms with van der Waals surface area (Å²) < 4.78 is 5.72. The molecule has 0 saturated heterocycles. The maximum Gasteiger partial charge on any atom is 0.320 e. The van der Waals surface area contributed by atoms with Gasteiger partial charge in [0.15, 0.2) is 0 Å². The molecule has 2 heterocycles. The Balaban J connectivity index is 1.53. The van der Waals surface area contributed by atoms with Gasteiger partial charge in [0.25, 0.3) is 0 Å². The summed E-state index contributed by atoms with van der Waals surface area (Å²) in [5.41, 5.74) is 0.852. The molecule has 2 amide bonds. The molecule has 7 nitrogen and oxygen atoms in total. The number of carbonyl (C=O) groups is 1. The highest BCUT2D eigenvalue weighted by Gasteiger charge is 2.14. The van der Waals surface area contributed by atoms with Gasteiger partial charge in [-0.25, -0.2) is 9.48 Å². The molecule has 0 bridgehead atoms. The van der Waals surface area contributed by atoms with Crippen molar-refractivity contribution >= 4 is 23.4 Å². The molecule has 2 N–H and O–H groups in total. The van der Waals surface area contributed by atoms with Gasteiger partial charge in [0, 0.05) is 12.6 Å². The number of anilines is 1. The molecule has 0 aromatic carbocycles. The van der Waals surface area contributed by atoms with Crippen LogP contribution < -0.4 is 10.6 Å². The Kier molecular flexibility index (Phi) is 5.02. The van der Waals surface area contributed by atoms with E-state index < -0.39 is 0 Å². The van der Waals surface area contributed by atoms with Gasteiger partial charge in [-0.2, -0.15) is 5.10 Å². The zero-order valence-electron chi connectivity index (χ0n) is 13.0. The first-order valence-corrected chi connectivity index (χ1v) is 8.49. The fourth-order valence-corrected chi connectivity index (χ4v) is 3.16. The van der Waals surface area contributed by atoms with Crippen molar-refractivity contribution < 1.29 is 4.79 Å². The molecule has 2 aromatic heterocycles. The van der Waals surface area contributed by atoms with E-state index in [2.05, 4.69) is 37.5 Å². The largest absolute Gasteiger partial charge is 0.333 e. The second-order valence-corrected chi connectivity index (χ2v) is 6.48. The van der Waals surface area contributed by atoms with Crippen LogP contribution in [0.1, 0.15) is 29.8 Å². The van der Waals surface area contributed by atoms with Crippen molar-refractivity contribution in [2.45, 2.75) is 39.3 Å². The van der Waals surface area contributed by atoms with Gasteiger partial charge in [-0.3, -0.25) is 5.32 Å². The molecular weight excluding hydrogens is 312 g/mol. The SMILES string of the molecule is Cc1nnsc1CNC(=O)Nc1ccnn1CC1CC=CCC1. The zero-order valence-corrected chi connectivity index (χ0v) is 13.8. The predicted octanol–water partition coefficient (Wildman–Crippen LogP) is 2.72. The minimum absolute atomic E-state index is 0.247. The zero-order chi connectivity index (χ0) is 16.1. The molecule has 122 valence electrons. The predicted molar refractivity (Wildman–Crippen MR) is 89.2 cm³/mol. The molecule has 3 rings (SSSR count). The number of hydrogen-bond donors (Lipinski definition) is 2. The Bertz CT molecular complexity index is 692. The summed E-state index contributed by atoms with van der Waals surface area (Å²) in [6, 6.07) is 1.57. The van der Waals surface area contributed by atoms with Crippen LogP contribution in [0.4, 0.5) is 10.6 Å². The molecule has 2 aromatic rings. The quantitative estimate of drug-likeness (QED) is 0.825. The topological polar surface area (TPSA) is 84.7 Å². The number of rotatable bonds is 5. The second kappa shape index (κ2) is 7.36. The number of carbonyl (C=O) groups excluding carboxylic acids is 1. The minimum atomic E-state index is -0.247. The van der Waals surface area contributed by atoms with Crippen molar-refractivity contribution in [2.75, 3.05) is 5.32 Å². The average Bonchev–Trinajstić information content (AvgIpc) is 3.16. The highest BCUT2D eigenvalue weighted by Crippen LogP contribution is 2.21. The first-order chi connectivity index (χ1) is 11.2. The standard InChI is InChI=1S/C15H20N6OS/c1-11-13(23-20-19-11)9-16-15(22)18-14-7-8-17-21(14)10-12-5-3-2-4-6-12/h2-3,7-8,12H,4-6,9-10H2,1H3,(H2,16,18,22). The van der Waals surface area contributed by atoms with Gasteiger partial charge >= 0.3 is 6.03 Å². The average molecular weight is 332 g/mol. The molecule has 0 fully saturated rings. The van der Waals surface area contributed by atoms with Crippen molar-refractivity contribution in [2.24, 2.45) is 5.92 Å². The summed E-state index contributed by atoms with van der Waals surface area (Å²) in [5.74, 6) is 1.30. The van der Waals surface area contributed by atoms with E-state index in [1.165, 1.54) is 18.0 Å². The third-order valence-electron chi connectivity index (χ3n) is 3.92. The number of amides is 2. The van der Waals surface area contributed by atoms with Crippen LogP contribution in [-0.2, 0) is 13.1 Å².